The molecular formula is C9H15N3. The van der Waals surface area contributed by atoms with Gasteiger partial charge in [-0.2, -0.15) is 0 Å². The molecular weight excluding hydrogens is 150 g/mol. The van der Waals surface area contributed by atoms with Gasteiger partial charge < -0.3 is 10.3 Å². The zero-order valence-electron chi connectivity index (χ0n) is 7.54. The molecule has 0 radical (unpaired) electrons. The summed E-state index contributed by atoms with van der Waals surface area (Å²) in [7, 11) is 0. The van der Waals surface area contributed by atoms with Gasteiger partial charge in [0.15, 0.2) is 0 Å². The fourth-order valence-corrected chi connectivity index (χ4v) is 1.47. The van der Waals surface area contributed by atoms with Crippen molar-refractivity contribution in [2.75, 3.05) is 0 Å². The lowest BCUT2D eigenvalue weighted by Crippen LogP contribution is -2.22. The molecule has 1 aliphatic carbocycles. The maximum atomic E-state index is 4.20. The van der Waals surface area contributed by atoms with Crippen LogP contribution in [-0.4, -0.2) is 16.0 Å². The molecule has 1 saturated carbocycles. The number of nitrogens with one attached hydrogen (secondary N) is 2. The van der Waals surface area contributed by atoms with Crippen LogP contribution in [0.5, 0.6) is 0 Å². The summed E-state index contributed by atoms with van der Waals surface area (Å²) >= 11 is 0. The Morgan fingerprint density at radius 3 is 3.00 bits per heavy atom. The van der Waals surface area contributed by atoms with Crippen LogP contribution < -0.4 is 5.32 Å². The molecule has 0 amide bonds. The number of aromatic nitrogens is 2. The van der Waals surface area contributed by atoms with Gasteiger partial charge in [-0.25, -0.2) is 4.98 Å². The molecule has 0 bridgehead atoms. The Morgan fingerprint density at radius 1 is 1.75 bits per heavy atom. The normalized spacial score (nSPS) is 30.2. The molecule has 2 rings (SSSR count). The molecule has 2 N–H and O–H groups in total. The Balaban J connectivity index is 1.89. The highest BCUT2D eigenvalue weighted by Crippen LogP contribution is 2.30. The summed E-state index contributed by atoms with van der Waals surface area (Å²) < 4.78 is 0. The average Bonchev–Trinajstić information content (AvgIpc) is 2.58. The molecule has 3 heteroatoms. The topological polar surface area (TPSA) is 40.7 Å². The molecule has 1 aromatic heterocycles. The minimum atomic E-state index is 0.356. The maximum absolute atomic E-state index is 4.20. The highest BCUT2D eigenvalue weighted by Gasteiger charge is 2.33. The standard InChI is InChI=1S/C9H15N3/c1-6-5-8(6)12-7(2)9-10-3-4-11-9/h3-4,6-8,12H,5H2,1-2H3,(H,10,11). The fraction of sp³-hybridized carbons (Fsp3) is 0.667. The van der Waals surface area contributed by atoms with Crippen molar-refractivity contribution in [1.29, 1.82) is 0 Å². The van der Waals surface area contributed by atoms with Crippen LogP contribution in [0.1, 0.15) is 32.1 Å². The van der Waals surface area contributed by atoms with E-state index in [1.54, 1.807) is 6.20 Å². The van der Waals surface area contributed by atoms with E-state index in [0.717, 1.165) is 11.7 Å². The van der Waals surface area contributed by atoms with Gasteiger partial charge in [0.1, 0.15) is 5.82 Å². The van der Waals surface area contributed by atoms with Gasteiger partial charge in [0, 0.05) is 18.4 Å². The van der Waals surface area contributed by atoms with Crippen molar-refractivity contribution < 1.29 is 0 Å². The van der Waals surface area contributed by atoms with E-state index >= 15 is 0 Å². The second-order valence-electron chi connectivity index (χ2n) is 3.68. The molecule has 0 spiro atoms. The molecule has 66 valence electrons. The number of rotatable bonds is 3. The Kier molecular flexibility index (Phi) is 1.89. The summed E-state index contributed by atoms with van der Waals surface area (Å²) in [6, 6.07) is 1.07. The molecule has 1 aliphatic rings. The first-order valence-corrected chi connectivity index (χ1v) is 4.52. The zero-order valence-corrected chi connectivity index (χ0v) is 7.54. The van der Waals surface area contributed by atoms with Gasteiger partial charge >= 0.3 is 0 Å². The number of hydrogen-bond donors (Lipinski definition) is 2. The monoisotopic (exact) mass is 165 g/mol. The van der Waals surface area contributed by atoms with Crippen LogP contribution in [0.4, 0.5) is 0 Å². The first-order chi connectivity index (χ1) is 5.77. The van der Waals surface area contributed by atoms with Crippen molar-refractivity contribution in [3.8, 4) is 0 Å². The Morgan fingerprint density at radius 2 is 2.50 bits per heavy atom. The molecule has 3 nitrogen and oxygen atoms in total. The van der Waals surface area contributed by atoms with Crippen molar-refractivity contribution in [2.45, 2.75) is 32.4 Å². The second kappa shape index (κ2) is 2.90. The molecule has 3 unspecified atom stereocenters. The molecule has 1 heterocycles. The number of hydrogen-bond acceptors (Lipinski definition) is 2. The first-order valence-electron chi connectivity index (χ1n) is 4.52. The maximum Gasteiger partial charge on any atom is 0.122 e. The van der Waals surface area contributed by atoms with Crippen LogP contribution in [0.25, 0.3) is 0 Å². The Bertz CT molecular complexity index is 242. The van der Waals surface area contributed by atoms with Gasteiger partial charge in [0.2, 0.25) is 0 Å². The van der Waals surface area contributed by atoms with Gasteiger partial charge in [-0.1, -0.05) is 6.92 Å². The van der Waals surface area contributed by atoms with Gasteiger partial charge in [-0.05, 0) is 19.3 Å². The lowest BCUT2D eigenvalue weighted by atomic mass is 10.3. The van der Waals surface area contributed by atoms with E-state index in [4.69, 9.17) is 0 Å². The van der Waals surface area contributed by atoms with E-state index < -0.39 is 0 Å². The lowest BCUT2D eigenvalue weighted by molar-refractivity contribution is 0.531. The SMILES string of the molecule is CC(NC1CC1C)c1ncc[nH]1. The van der Waals surface area contributed by atoms with Crippen molar-refractivity contribution >= 4 is 0 Å². The summed E-state index contributed by atoms with van der Waals surface area (Å²) in [5.74, 6) is 1.89. The minimum absolute atomic E-state index is 0.356. The molecule has 0 aromatic carbocycles. The summed E-state index contributed by atoms with van der Waals surface area (Å²) in [6.07, 6.45) is 4.97. The van der Waals surface area contributed by atoms with Crippen LogP contribution in [-0.2, 0) is 0 Å². The fourth-order valence-electron chi connectivity index (χ4n) is 1.47. The smallest absolute Gasteiger partial charge is 0.122 e. The Labute approximate surface area is 72.6 Å². The molecule has 12 heavy (non-hydrogen) atoms. The van der Waals surface area contributed by atoms with E-state index in [2.05, 4.69) is 29.1 Å². The quantitative estimate of drug-likeness (QED) is 0.712. The average molecular weight is 165 g/mol. The summed E-state index contributed by atoms with van der Waals surface area (Å²) in [6.45, 7) is 4.41. The Hall–Kier alpha value is -0.830. The van der Waals surface area contributed by atoms with E-state index in [-0.39, 0.29) is 0 Å². The third-order valence-electron chi connectivity index (χ3n) is 2.50. The predicted molar refractivity (Wildman–Crippen MR) is 47.7 cm³/mol. The van der Waals surface area contributed by atoms with Crippen molar-refractivity contribution in [3.63, 3.8) is 0 Å². The van der Waals surface area contributed by atoms with Gasteiger partial charge in [-0.3, -0.25) is 0 Å². The van der Waals surface area contributed by atoms with Crippen molar-refractivity contribution in [2.24, 2.45) is 5.92 Å². The van der Waals surface area contributed by atoms with Gasteiger partial charge in [-0.15, -0.1) is 0 Å². The van der Waals surface area contributed by atoms with E-state index in [1.807, 2.05) is 6.20 Å². The molecule has 1 fully saturated rings. The van der Waals surface area contributed by atoms with Crippen molar-refractivity contribution in [1.82, 2.24) is 15.3 Å². The van der Waals surface area contributed by atoms with Gasteiger partial charge in [0.05, 0.1) is 6.04 Å². The van der Waals surface area contributed by atoms with Crippen LogP contribution in [0.3, 0.4) is 0 Å². The zero-order chi connectivity index (χ0) is 8.55. The third kappa shape index (κ3) is 1.50. The summed E-state index contributed by atoms with van der Waals surface area (Å²) in [5.41, 5.74) is 0. The second-order valence-corrected chi connectivity index (χ2v) is 3.68. The number of aromatic amines is 1. The first kappa shape index (κ1) is 7.80. The van der Waals surface area contributed by atoms with Crippen LogP contribution in [0.2, 0.25) is 0 Å². The van der Waals surface area contributed by atoms with E-state index in [1.165, 1.54) is 6.42 Å². The van der Waals surface area contributed by atoms with Crippen LogP contribution in [0, 0.1) is 5.92 Å². The minimum Gasteiger partial charge on any atom is -0.347 e. The van der Waals surface area contributed by atoms with Gasteiger partial charge in [0.25, 0.3) is 0 Å². The molecule has 0 saturated heterocycles. The molecule has 0 aliphatic heterocycles. The highest BCUT2D eigenvalue weighted by atomic mass is 15.1. The lowest BCUT2D eigenvalue weighted by Gasteiger charge is -2.09. The van der Waals surface area contributed by atoms with Crippen LogP contribution in [0.15, 0.2) is 12.4 Å². The van der Waals surface area contributed by atoms with Crippen LogP contribution >= 0.6 is 0 Å². The van der Waals surface area contributed by atoms with E-state index in [0.29, 0.717) is 12.1 Å². The summed E-state index contributed by atoms with van der Waals surface area (Å²) in [5, 5.41) is 3.51. The molecule has 3 atom stereocenters. The third-order valence-corrected chi connectivity index (χ3v) is 2.50. The number of H-pyrrole nitrogens is 1. The highest BCUT2D eigenvalue weighted by molar-refractivity contribution is 4.98. The van der Waals surface area contributed by atoms with E-state index in [9.17, 15) is 0 Å². The van der Waals surface area contributed by atoms with Crippen molar-refractivity contribution in [3.05, 3.63) is 18.2 Å². The predicted octanol–water partition coefficient (Wildman–Crippen LogP) is 1.47. The largest absolute Gasteiger partial charge is 0.347 e. The molecule has 1 aromatic rings. The number of imidazole rings is 1. The number of nitrogens with zero attached hydrogens (tertiary/aromatic N) is 1. The summed E-state index contributed by atoms with van der Waals surface area (Å²) in [4.78, 5) is 7.32.